The van der Waals surface area contributed by atoms with E-state index in [2.05, 4.69) is 13.8 Å². The summed E-state index contributed by atoms with van der Waals surface area (Å²) < 4.78 is 0. The quantitative estimate of drug-likeness (QED) is 0.0399. The van der Waals surface area contributed by atoms with Gasteiger partial charge in [-0.2, -0.15) is 0 Å². The number of ketones is 2. The first-order valence-corrected chi connectivity index (χ1v) is 20.8. The fraction of sp³-hybridized carbons (Fsp3) is 0.905. The molecule has 0 aromatic rings. The van der Waals surface area contributed by atoms with E-state index in [0.29, 0.717) is 12.8 Å². The third-order valence-corrected chi connectivity index (χ3v) is 9.90. The molecule has 0 saturated carbocycles. The molecular weight excluding hydrogens is 705 g/mol. The van der Waals surface area contributed by atoms with Crippen molar-refractivity contribution in [1.29, 1.82) is 0 Å². The number of unbranched alkanes of at least 4 members (excludes halogenated alkanes) is 28. The van der Waals surface area contributed by atoms with Crippen LogP contribution in [0.4, 0.5) is 0 Å². The van der Waals surface area contributed by atoms with Crippen LogP contribution in [0, 0.1) is 0 Å². The van der Waals surface area contributed by atoms with Gasteiger partial charge in [0.05, 0.1) is 11.9 Å². The number of carboxylic acid groups (broad SMARTS) is 2. The molecule has 10 nitrogen and oxygen atoms in total. The third kappa shape index (κ3) is 38.1. The zero-order valence-electron chi connectivity index (χ0n) is 34.7. The number of aliphatic carboxylic acids is 2. The van der Waals surface area contributed by atoms with Crippen molar-refractivity contribution in [2.24, 2.45) is 0 Å². The molecule has 11 heteroatoms. The van der Waals surface area contributed by atoms with Crippen LogP contribution in [0.15, 0.2) is 0 Å². The Morgan fingerprint density at radius 3 is 0.679 bits per heavy atom. The van der Waals surface area contributed by atoms with Gasteiger partial charge in [0, 0.05) is 12.8 Å². The fourth-order valence-electron chi connectivity index (χ4n) is 6.03. The van der Waals surface area contributed by atoms with E-state index in [4.69, 9.17) is 0 Å². The summed E-state index contributed by atoms with van der Waals surface area (Å²) >= 11 is 0. The van der Waals surface area contributed by atoms with E-state index in [9.17, 15) is 39.6 Å². The number of carbonyl (C=O) groups is 4. The Kier molecular flexibility index (Phi) is 49.4. The first-order chi connectivity index (χ1) is 23.8. The summed E-state index contributed by atoms with van der Waals surface area (Å²) in [5, 5.41) is 40.2. The minimum absolute atomic E-state index is 0. The molecule has 53 heavy (non-hydrogen) atoms. The summed E-state index contributed by atoms with van der Waals surface area (Å²) in [5.74, 6) is -4.72. The van der Waals surface area contributed by atoms with Gasteiger partial charge < -0.3 is 41.0 Å². The van der Waals surface area contributed by atoms with Gasteiger partial charge in [0.25, 0.3) is 0 Å². The van der Waals surface area contributed by atoms with Crippen LogP contribution in [-0.4, -0.2) is 93.6 Å². The molecule has 0 aliphatic rings. The second-order valence-corrected chi connectivity index (χ2v) is 15.0. The Hall–Kier alpha value is -0.620. The molecule has 312 valence electrons. The van der Waals surface area contributed by atoms with Gasteiger partial charge in [0.2, 0.25) is 0 Å². The molecule has 2 atom stereocenters. The molecule has 6 N–H and O–H groups in total. The number of carbonyl (C=O) groups excluding carboxylic acids is 4. The van der Waals surface area contributed by atoms with Crippen LogP contribution in [0.1, 0.15) is 233 Å². The molecule has 0 saturated heterocycles. The van der Waals surface area contributed by atoms with Gasteiger partial charge in [-0.25, -0.2) is 0 Å². The summed E-state index contributed by atoms with van der Waals surface area (Å²) in [7, 11) is 0. The van der Waals surface area contributed by atoms with Crippen LogP contribution >= 0.6 is 0 Å². The van der Waals surface area contributed by atoms with Crippen molar-refractivity contribution in [3.8, 4) is 0 Å². The van der Waals surface area contributed by atoms with Crippen molar-refractivity contribution in [2.75, 3.05) is 0 Å². The van der Waals surface area contributed by atoms with Crippen LogP contribution in [0.5, 0.6) is 0 Å². The molecule has 0 rings (SSSR count). The van der Waals surface area contributed by atoms with Gasteiger partial charge in [0.1, 0.15) is 0 Å². The molecule has 0 aliphatic heterocycles. The molecule has 0 amide bonds. The first kappa shape index (κ1) is 61.6. The Morgan fingerprint density at radius 2 is 0.528 bits per heavy atom. The van der Waals surface area contributed by atoms with Gasteiger partial charge in [-0.3, -0.25) is 9.59 Å². The van der Waals surface area contributed by atoms with Crippen molar-refractivity contribution in [3.05, 3.63) is 0 Å². The number of hydrogen-bond acceptors (Lipinski definition) is 8. The molecule has 0 radical (unpaired) electrons. The molecule has 0 spiro atoms. The second kappa shape index (κ2) is 42.5. The Balaban J connectivity index is -0.000000274. The number of hydrogen-bond donors (Lipinski definition) is 2. The topological polar surface area (TPSA) is 218 Å². The van der Waals surface area contributed by atoms with E-state index in [-0.39, 0.29) is 61.5 Å². The monoisotopic (exact) mass is 787 g/mol. The van der Waals surface area contributed by atoms with Gasteiger partial charge in [-0.05, 0) is 26.7 Å². The number of Topliss-reactive ketones (excluding diaryl/α,β-unsaturated/α-hetero) is 2. The van der Waals surface area contributed by atoms with Crippen molar-refractivity contribution in [2.45, 2.75) is 244 Å². The van der Waals surface area contributed by atoms with Crippen molar-refractivity contribution >= 4 is 61.2 Å². The summed E-state index contributed by atoms with van der Waals surface area (Å²) in [4.78, 5) is 44.4. The zero-order chi connectivity index (χ0) is 37.9. The van der Waals surface area contributed by atoms with E-state index < -0.39 is 34.7 Å². The predicted octanol–water partition coefficient (Wildman–Crippen LogP) is 6.61. The minimum atomic E-state index is -2.34. The van der Waals surface area contributed by atoms with Crippen LogP contribution < -0.4 is 10.2 Å². The SMILES string of the molecule is CCCCCCCCCCCCCCCCCC(=O)C(C)(O)C(=O)[O-].CCCCCCCCCCCCCCCCCC(=O)C(C)(O)C(=O)[O-].O.O.[Ca+2]. The third-order valence-electron chi connectivity index (χ3n) is 9.90. The van der Waals surface area contributed by atoms with E-state index in [1.165, 1.54) is 154 Å². The van der Waals surface area contributed by atoms with Gasteiger partial charge in [-0.15, -0.1) is 0 Å². The van der Waals surface area contributed by atoms with Crippen molar-refractivity contribution < 1.29 is 50.6 Å². The van der Waals surface area contributed by atoms with E-state index in [1.54, 1.807) is 0 Å². The van der Waals surface area contributed by atoms with Crippen molar-refractivity contribution in [1.82, 2.24) is 0 Å². The minimum Gasteiger partial charge on any atom is -0.547 e. The number of rotatable bonds is 36. The van der Waals surface area contributed by atoms with Crippen LogP contribution in [0.3, 0.4) is 0 Å². The zero-order valence-corrected chi connectivity index (χ0v) is 36.9. The molecule has 0 aromatic carbocycles. The Bertz CT molecular complexity index is 780. The summed E-state index contributed by atoms with van der Waals surface area (Å²) in [6, 6.07) is 0. The van der Waals surface area contributed by atoms with Gasteiger partial charge in [-0.1, -0.05) is 194 Å². The average molecular weight is 787 g/mol. The van der Waals surface area contributed by atoms with Crippen LogP contribution in [-0.2, 0) is 19.2 Å². The van der Waals surface area contributed by atoms with Gasteiger partial charge >= 0.3 is 37.7 Å². The van der Waals surface area contributed by atoms with Crippen LogP contribution in [0.25, 0.3) is 0 Å². The Labute approximate surface area is 354 Å². The standard InChI is InChI=1S/2C21H40O4.Ca.2H2O/c2*1-3-4-5-6-7-8-9-10-11-12-13-14-15-16-17-18-19(22)21(2,25)20(23)24;;;/h2*25H,3-18H2,1-2H3,(H,23,24);;2*1H2/q;;+2;;/p-2. The van der Waals surface area contributed by atoms with Gasteiger partial charge in [0.15, 0.2) is 22.8 Å². The fourth-order valence-corrected chi connectivity index (χ4v) is 6.03. The average Bonchev–Trinajstić information content (AvgIpc) is 3.08. The Morgan fingerprint density at radius 1 is 0.377 bits per heavy atom. The second-order valence-electron chi connectivity index (χ2n) is 15.0. The van der Waals surface area contributed by atoms with E-state index in [1.807, 2.05) is 0 Å². The maximum atomic E-state index is 11.6. The maximum absolute atomic E-state index is 11.6. The summed E-state index contributed by atoms with van der Waals surface area (Å²) in [6.45, 7) is 6.49. The van der Waals surface area contributed by atoms with E-state index in [0.717, 1.165) is 39.5 Å². The molecule has 0 heterocycles. The largest absolute Gasteiger partial charge is 2.00 e. The molecule has 2 unspecified atom stereocenters. The number of carboxylic acids is 2. The predicted molar refractivity (Wildman–Crippen MR) is 213 cm³/mol. The number of aliphatic hydroxyl groups is 2. The summed E-state index contributed by atoms with van der Waals surface area (Å²) in [6.07, 6.45) is 37.4. The molecule has 0 fully saturated rings. The molecule has 0 bridgehead atoms. The molecular formula is C42H82CaO10. The van der Waals surface area contributed by atoms with Crippen molar-refractivity contribution in [3.63, 3.8) is 0 Å². The van der Waals surface area contributed by atoms with E-state index >= 15 is 0 Å². The molecule has 0 aromatic heterocycles. The summed E-state index contributed by atoms with van der Waals surface area (Å²) in [5.41, 5.74) is -4.67. The first-order valence-electron chi connectivity index (χ1n) is 20.8. The smallest absolute Gasteiger partial charge is 0.547 e. The normalized spacial score (nSPS) is 12.8. The van der Waals surface area contributed by atoms with Crippen LogP contribution in [0.2, 0.25) is 0 Å². The molecule has 0 aliphatic carbocycles. The maximum Gasteiger partial charge on any atom is 2.00 e.